The van der Waals surface area contributed by atoms with Crippen molar-refractivity contribution in [1.29, 1.82) is 0 Å². The zero-order chi connectivity index (χ0) is 19.2. The van der Waals surface area contributed by atoms with Gasteiger partial charge < -0.3 is 10.6 Å². The van der Waals surface area contributed by atoms with Crippen molar-refractivity contribution in [2.45, 2.75) is 65.1 Å². The summed E-state index contributed by atoms with van der Waals surface area (Å²) in [4.78, 5) is 19.4. The molecule has 0 saturated carbocycles. The van der Waals surface area contributed by atoms with Crippen LogP contribution in [0.15, 0.2) is 21.9 Å². The molecule has 2 N–H and O–H groups in total. The van der Waals surface area contributed by atoms with Crippen LogP contribution in [0.25, 0.3) is 0 Å². The zero-order valence-corrected chi connectivity index (χ0v) is 20.0. The van der Waals surface area contributed by atoms with Crippen molar-refractivity contribution in [3.8, 4) is 0 Å². The first-order valence-electron chi connectivity index (χ1n) is 9.76. The van der Waals surface area contributed by atoms with Crippen LogP contribution in [0, 0.1) is 6.92 Å². The second-order valence-corrected chi connectivity index (χ2v) is 8.52. The van der Waals surface area contributed by atoms with E-state index in [4.69, 9.17) is 0 Å². The standard InChI is InChI=1S/C19H30N6OS.HI/c1-14(13-16-9-8-15(2)27-16)22-18(20-3)21-10-6-12-25-19(26)24-11-5-4-7-17(24)23-25;/h8-9,14H,4-7,10-13H2,1-3H3,(H2,20,21,22);1H. The number of fused-ring (bicyclic) bond motifs is 1. The average Bonchev–Trinajstić information content (AvgIpc) is 3.21. The third-order valence-corrected chi connectivity index (χ3v) is 5.80. The summed E-state index contributed by atoms with van der Waals surface area (Å²) < 4.78 is 3.44. The summed E-state index contributed by atoms with van der Waals surface area (Å²) in [5.41, 5.74) is 0.0343. The van der Waals surface area contributed by atoms with Gasteiger partial charge in [0, 0.05) is 55.3 Å². The smallest absolute Gasteiger partial charge is 0.345 e. The fourth-order valence-corrected chi connectivity index (χ4v) is 4.42. The molecule has 0 bridgehead atoms. The number of nitrogens with zero attached hydrogens (tertiary/aromatic N) is 4. The number of hydrogen-bond acceptors (Lipinski definition) is 4. The quantitative estimate of drug-likeness (QED) is 0.256. The Hall–Kier alpha value is -1.36. The van der Waals surface area contributed by atoms with Crippen LogP contribution in [0.3, 0.4) is 0 Å². The van der Waals surface area contributed by atoms with Crippen molar-refractivity contribution in [2.24, 2.45) is 4.99 Å². The average molecular weight is 518 g/mol. The Morgan fingerprint density at radius 3 is 2.89 bits per heavy atom. The maximum absolute atomic E-state index is 12.3. The summed E-state index contributed by atoms with van der Waals surface area (Å²) in [6.07, 6.45) is 4.93. The molecule has 0 fully saturated rings. The van der Waals surface area contributed by atoms with Crippen LogP contribution >= 0.6 is 35.3 Å². The Morgan fingerprint density at radius 2 is 2.21 bits per heavy atom. The van der Waals surface area contributed by atoms with E-state index in [0.29, 0.717) is 12.6 Å². The molecule has 1 aliphatic heterocycles. The third kappa shape index (κ3) is 6.07. The van der Waals surface area contributed by atoms with Crippen molar-refractivity contribution < 1.29 is 0 Å². The van der Waals surface area contributed by atoms with E-state index in [2.05, 4.69) is 46.7 Å². The maximum atomic E-state index is 12.3. The minimum absolute atomic E-state index is 0. The van der Waals surface area contributed by atoms with Gasteiger partial charge in [-0.05, 0) is 45.2 Å². The van der Waals surface area contributed by atoms with Crippen LogP contribution in [0.1, 0.15) is 41.8 Å². The lowest BCUT2D eigenvalue weighted by Crippen LogP contribution is -2.43. The van der Waals surface area contributed by atoms with Gasteiger partial charge in [0.15, 0.2) is 5.96 Å². The number of rotatable bonds is 7. The molecule has 156 valence electrons. The van der Waals surface area contributed by atoms with Crippen LogP contribution in [0.4, 0.5) is 0 Å². The highest BCUT2D eigenvalue weighted by Gasteiger charge is 2.16. The highest BCUT2D eigenvalue weighted by molar-refractivity contribution is 14.0. The molecule has 0 saturated heterocycles. The van der Waals surface area contributed by atoms with Crippen LogP contribution in [0.2, 0.25) is 0 Å². The van der Waals surface area contributed by atoms with Gasteiger partial charge >= 0.3 is 5.69 Å². The molecule has 0 amide bonds. The minimum Gasteiger partial charge on any atom is -0.356 e. The van der Waals surface area contributed by atoms with Gasteiger partial charge in [-0.1, -0.05) is 0 Å². The number of aromatic nitrogens is 3. The Morgan fingerprint density at radius 1 is 1.39 bits per heavy atom. The van der Waals surface area contributed by atoms with Crippen LogP contribution in [-0.2, 0) is 25.9 Å². The molecule has 3 rings (SSSR count). The Balaban J connectivity index is 0.00000280. The van der Waals surface area contributed by atoms with Gasteiger partial charge in [-0.2, -0.15) is 5.10 Å². The first-order valence-corrected chi connectivity index (χ1v) is 10.6. The molecule has 1 atom stereocenters. The molecule has 7 nitrogen and oxygen atoms in total. The molecule has 3 heterocycles. The van der Waals surface area contributed by atoms with E-state index in [0.717, 1.165) is 57.0 Å². The monoisotopic (exact) mass is 518 g/mol. The van der Waals surface area contributed by atoms with E-state index < -0.39 is 0 Å². The summed E-state index contributed by atoms with van der Waals surface area (Å²) in [5, 5.41) is 11.2. The number of hydrogen-bond donors (Lipinski definition) is 2. The Kier molecular flexibility index (Phi) is 9.00. The van der Waals surface area contributed by atoms with Crippen molar-refractivity contribution in [3.05, 3.63) is 38.2 Å². The first-order chi connectivity index (χ1) is 13.1. The number of guanidine groups is 1. The molecule has 1 unspecified atom stereocenters. The number of aryl methyl sites for hydroxylation is 3. The Bertz CT molecular complexity index is 840. The minimum atomic E-state index is 0. The summed E-state index contributed by atoms with van der Waals surface area (Å²) >= 11 is 1.84. The summed E-state index contributed by atoms with van der Waals surface area (Å²) in [7, 11) is 1.78. The van der Waals surface area contributed by atoms with Crippen LogP contribution in [-0.4, -0.2) is 39.9 Å². The van der Waals surface area contributed by atoms with Gasteiger partial charge in [-0.15, -0.1) is 35.3 Å². The number of aliphatic imine (C=N–C) groups is 1. The van der Waals surface area contributed by atoms with E-state index in [1.807, 2.05) is 15.9 Å². The lowest BCUT2D eigenvalue weighted by atomic mass is 10.2. The number of halogens is 1. The molecule has 1 aliphatic rings. The van der Waals surface area contributed by atoms with Crippen molar-refractivity contribution in [3.63, 3.8) is 0 Å². The third-order valence-electron chi connectivity index (χ3n) is 4.78. The predicted molar refractivity (Wildman–Crippen MR) is 126 cm³/mol. The molecule has 2 aromatic heterocycles. The number of nitrogens with one attached hydrogen (secondary N) is 2. The van der Waals surface area contributed by atoms with Crippen molar-refractivity contribution in [1.82, 2.24) is 25.0 Å². The van der Waals surface area contributed by atoms with Gasteiger partial charge in [0.1, 0.15) is 5.82 Å². The molecule has 28 heavy (non-hydrogen) atoms. The van der Waals surface area contributed by atoms with E-state index in [9.17, 15) is 4.79 Å². The second kappa shape index (κ2) is 11.0. The van der Waals surface area contributed by atoms with Gasteiger partial charge in [-0.3, -0.25) is 9.56 Å². The SMILES string of the molecule is CN=C(NCCCn1nc2n(c1=O)CCCC2)NC(C)Cc1ccc(C)s1.I. The second-order valence-electron chi connectivity index (χ2n) is 7.15. The maximum Gasteiger partial charge on any atom is 0.345 e. The summed E-state index contributed by atoms with van der Waals surface area (Å²) in [5.74, 6) is 1.74. The lowest BCUT2D eigenvalue weighted by molar-refractivity contribution is 0.509. The highest BCUT2D eigenvalue weighted by atomic mass is 127. The zero-order valence-electron chi connectivity index (χ0n) is 16.9. The molecule has 9 heteroatoms. The molecule has 0 spiro atoms. The molecule has 2 aromatic rings. The van der Waals surface area contributed by atoms with Crippen LogP contribution < -0.4 is 16.3 Å². The fourth-order valence-electron chi connectivity index (χ4n) is 3.41. The molecule has 0 radical (unpaired) electrons. The Labute approximate surface area is 187 Å². The molecule has 0 aliphatic carbocycles. The molecular weight excluding hydrogens is 487 g/mol. The van der Waals surface area contributed by atoms with Gasteiger partial charge in [0.2, 0.25) is 0 Å². The van der Waals surface area contributed by atoms with Crippen LogP contribution in [0.5, 0.6) is 0 Å². The summed E-state index contributed by atoms with van der Waals surface area (Å²) in [6, 6.07) is 4.66. The molecule has 0 aromatic carbocycles. The van der Waals surface area contributed by atoms with Gasteiger partial charge in [0.05, 0.1) is 0 Å². The summed E-state index contributed by atoms with van der Waals surface area (Å²) in [6.45, 7) is 6.49. The van der Waals surface area contributed by atoms with E-state index in [-0.39, 0.29) is 29.7 Å². The number of thiophene rings is 1. The molecular formula is C19H31IN6OS. The predicted octanol–water partition coefficient (Wildman–Crippen LogP) is 2.56. The van der Waals surface area contributed by atoms with Crippen molar-refractivity contribution >= 4 is 41.3 Å². The lowest BCUT2D eigenvalue weighted by Gasteiger charge is -2.17. The van der Waals surface area contributed by atoms with E-state index in [1.54, 1.807) is 11.7 Å². The normalized spacial score (nSPS) is 14.9. The van der Waals surface area contributed by atoms with Gasteiger partial charge in [0.25, 0.3) is 0 Å². The largest absolute Gasteiger partial charge is 0.356 e. The van der Waals surface area contributed by atoms with E-state index >= 15 is 0 Å². The fraction of sp³-hybridized carbons (Fsp3) is 0.632. The van der Waals surface area contributed by atoms with Crippen molar-refractivity contribution in [2.75, 3.05) is 13.6 Å². The first kappa shape index (κ1) is 22.9. The highest BCUT2D eigenvalue weighted by Crippen LogP contribution is 2.16. The van der Waals surface area contributed by atoms with Gasteiger partial charge in [-0.25, -0.2) is 9.48 Å². The topological polar surface area (TPSA) is 76.2 Å². The van der Waals surface area contributed by atoms with E-state index in [1.165, 1.54) is 9.75 Å².